The van der Waals surface area contributed by atoms with Gasteiger partial charge < -0.3 is 10.5 Å². The van der Waals surface area contributed by atoms with Gasteiger partial charge in [0.1, 0.15) is 0 Å². The summed E-state index contributed by atoms with van der Waals surface area (Å²) in [4.78, 5) is 0. The molecule has 1 aromatic rings. The summed E-state index contributed by atoms with van der Waals surface area (Å²) >= 11 is 0. The molecule has 0 unspecified atom stereocenters. The van der Waals surface area contributed by atoms with Crippen molar-refractivity contribution in [1.29, 1.82) is 0 Å². The molecule has 0 atom stereocenters. The molecule has 0 radical (unpaired) electrons. The molecule has 2 N–H and O–H groups in total. The average molecular weight is 196 g/mol. The van der Waals surface area contributed by atoms with Crippen LogP contribution in [0.4, 0.5) is 0 Å². The second kappa shape index (κ2) is 5.05. The third kappa shape index (κ3) is 2.51. The molecule has 14 heavy (non-hydrogen) atoms. The van der Waals surface area contributed by atoms with E-state index in [-0.39, 0.29) is 12.0 Å². The number of aromatic nitrogens is 1. The van der Waals surface area contributed by atoms with Gasteiger partial charge in [-0.05, 0) is 25.0 Å². The molecule has 1 aromatic heterocycles. The Balaban J connectivity index is 2.48. The molecule has 0 bridgehead atoms. The lowest BCUT2D eigenvalue weighted by atomic mass is 9.83. The molecule has 0 amide bonds. The predicted octanol–water partition coefficient (Wildman–Crippen LogP) is 1.83. The average Bonchev–Trinajstić information content (AvgIpc) is 2.74. The Bertz CT molecular complexity index is 232. The highest BCUT2D eigenvalue weighted by Gasteiger charge is 2.24. The summed E-state index contributed by atoms with van der Waals surface area (Å²) in [5.74, 6) is 0. The van der Waals surface area contributed by atoms with Crippen LogP contribution in [0.3, 0.4) is 0 Å². The molecule has 0 aliphatic rings. The molecule has 0 fully saturated rings. The highest BCUT2D eigenvalue weighted by Crippen LogP contribution is 2.24. The minimum atomic E-state index is 0.0181. The summed E-state index contributed by atoms with van der Waals surface area (Å²) in [5, 5.41) is 9.36. The second-order valence-corrected chi connectivity index (χ2v) is 3.79. The first-order chi connectivity index (χ1) is 6.76. The maximum atomic E-state index is 9.36. The van der Waals surface area contributed by atoms with Crippen molar-refractivity contribution in [3.05, 3.63) is 24.5 Å². The highest BCUT2D eigenvalue weighted by molar-refractivity contribution is 4.95. The number of hydrogen-bond acceptors (Lipinski definition) is 2. The second-order valence-electron chi connectivity index (χ2n) is 3.79. The van der Waals surface area contributed by atoms with Gasteiger partial charge in [-0.2, -0.15) is 0 Å². The van der Waals surface area contributed by atoms with Crippen molar-refractivity contribution in [3.8, 4) is 0 Å². The summed E-state index contributed by atoms with van der Waals surface area (Å²) in [5.41, 5.74) is 3.29. The van der Waals surface area contributed by atoms with Crippen molar-refractivity contribution in [2.75, 3.05) is 18.6 Å². The SMILES string of the molecule is CCC(CC)(CO)CNn1cccc1. The van der Waals surface area contributed by atoms with E-state index in [0.717, 1.165) is 19.4 Å². The van der Waals surface area contributed by atoms with Crippen LogP contribution in [0.5, 0.6) is 0 Å². The van der Waals surface area contributed by atoms with Crippen LogP contribution in [0.25, 0.3) is 0 Å². The van der Waals surface area contributed by atoms with E-state index in [9.17, 15) is 5.11 Å². The van der Waals surface area contributed by atoms with E-state index in [1.807, 2.05) is 29.2 Å². The van der Waals surface area contributed by atoms with Crippen molar-refractivity contribution in [2.24, 2.45) is 5.41 Å². The normalized spacial score (nSPS) is 11.6. The number of aliphatic hydroxyl groups excluding tert-OH is 1. The summed E-state index contributed by atoms with van der Waals surface area (Å²) in [6.07, 6.45) is 5.92. The van der Waals surface area contributed by atoms with Gasteiger partial charge >= 0.3 is 0 Å². The molecule has 3 nitrogen and oxygen atoms in total. The minimum absolute atomic E-state index is 0.0181. The maximum Gasteiger partial charge on any atom is 0.0504 e. The molecule has 1 rings (SSSR count). The van der Waals surface area contributed by atoms with Gasteiger partial charge in [0.2, 0.25) is 0 Å². The number of nitrogens with zero attached hydrogens (tertiary/aromatic N) is 1. The van der Waals surface area contributed by atoms with Crippen LogP contribution in [-0.2, 0) is 0 Å². The van der Waals surface area contributed by atoms with Gasteiger partial charge in [-0.1, -0.05) is 13.8 Å². The van der Waals surface area contributed by atoms with Crippen molar-refractivity contribution in [1.82, 2.24) is 4.68 Å². The topological polar surface area (TPSA) is 37.2 Å². The Morgan fingerprint density at radius 3 is 2.21 bits per heavy atom. The number of rotatable bonds is 6. The fourth-order valence-electron chi connectivity index (χ4n) is 1.48. The number of hydrogen-bond donors (Lipinski definition) is 2. The van der Waals surface area contributed by atoms with Gasteiger partial charge in [0.05, 0.1) is 6.61 Å². The number of aliphatic hydroxyl groups is 1. The van der Waals surface area contributed by atoms with Crippen molar-refractivity contribution >= 4 is 0 Å². The zero-order chi connectivity index (χ0) is 10.4. The van der Waals surface area contributed by atoms with Crippen LogP contribution in [0.2, 0.25) is 0 Å². The lowest BCUT2D eigenvalue weighted by Gasteiger charge is -2.30. The maximum absolute atomic E-state index is 9.36. The van der Waals surface area contributed by atoms with Crippen LogP contribution < -0.4 is 5.43 Å². The molecule has 0 spiro atoms. The minimum Gasteiger partial charge on any atom is -0.396 e. The summed E-state index contributed by atoms with van der Waals surface area (Å²) in [7, 11) is 0. The molecule has 3 heteroatoms. The van der Waals surface area contributed by atoms with Crippen LogP contribution >= 0.6 is 0 Å². The van der Waals surface area contributed by atoms with E-state index < -0.39 is 0 Å². The van der Waals surface area contributed by atoms with Crippen molar-refractivity contribution in [3.63, 3.8) is 0 Å². The standard InChI is InChI=1S/C11H20N2O/c1-3-11(4-2,10-14)9-12-13-7-5-6-8-13/h5-8,12,14H,3-4,9-10H2,1-2H3. The summed E-state index contributed by atoms with van der Waals surface area (Å²) < 4.78 is 1.93. The Morgan fingerprint density at radius 1 is 1.21 bits per heavy atom. The zero-order valence-corrected chi connectivity index (χ0v) is 9.03. The Kier molecular flexibility index (Phi) is 4.01. The quantitative estimate of drug-likeness (QED) is 0.728. The van der Waals surface area contributed by atoms with Gasteiger partial charge in [-0.25, -0.2) is 0 Å². The molecular formula is C11H20N2O. The molecule has 0 saturated carbocycles. The third-order valence-corrected chi connectivity index (χ3v) is 3.08. The van der Waals surface area contributed by atoms with E-state index in [0.29, 0.717) is 0 Å². The predicted molar refractivity (Wildman–Crippen MR) is 58.8 cm³/mol. The van der Waals surface area contributed by atoms with Gasteiger partial charge in [-0.3, -0.25) is 4.68 Å². The van der Waals surface area contributed by atoms with Crippen molar-refractivity contribution < 1.29 is 5.11 Å². The van der Waals surface area contributed by atoms with E-state index in [2.05, 4.69) is 19.3 Å². The summed E-state index contributed by atoms with van der Waals surface area (Å²) in [6.45, 7) is 5.30. The lowest BCUT2D eigenvalue weighted by molar-refractivity contribution is 0.124. The van der Waals surface area contributed by atoms with E-state index >= 15 is 0 Å². The molecule has 0 aromatic carbocycles. The van der Waals surface area contributed by atoms with Crippen LogP contribution in [0, 0.1) is 5.41 Å². The first kappa shape index (κ1) is 11.1. The van der Waals surface area contributed by atoms with Crippen molar-refractivity contribution in [2.45, 2.75) is 26.7 Å². The van der Waals surface area contributed by atoms with Gasteiger partial charge in [0.15, 0.2) is 0 Å². The fraction of sp³-hybridized carbons (Fsp3) is 0.636. The molecule has 0 saturated heterocycles. The largest absolute Gasteiger partial charge is 0.396 e. The van der Waals surface area contributed by atoms with E-state index in [4.69, 9.17) is 0 Å². The fourth-order valence-corrected chi connectivity index (χ4v) is 1.48. The molecule has 0 aliphatic carbocycles. The highest BCUT2D eigenvalue weighted by atomic mass is 16.3. The lowest BCUT2D eigenvalue weighted by Crippen LogP contribution is -2.35. The smallest absolute Gasteiger partial charge is 0.0504 e. The van der Waals surface area contributed by atoms with Crippen LogP contribution in [0.1, 0.15) is 26.7 Å². The van der Waals surface area contributed by atoms with E-state index in [1.165, 1.54) is 0 Å². The first-order valence-corrected chi connectivity index (χ1v) is 5.24. The van der Waals surface area contributed by atoms with Crippen LogP contribution in [0.15, 0.2) is 24.5 Å². The van der Waals surface area contributed by atoms with Crippen LogP contribution in [-0.4, -0.2) is 22.9 Å². The van der Waals surface area contributed by atoms with Gasteiger partial charge in [-0.15, -0.1) is 0 Å². The Morgan fingerprint density at radius 2 is 1.79 bits per heavy atom. The first-order valence-electron chi connectivity index (χ1n) is 5.24. The zero-order valence-electron chi connectivity index (χ0n) is 9.03. The molecule has 1 heterocycles. The molecule has 80 valence electrons. The van der Waals surface area contributed by atoms with Gasteiger partial charge in [0, 0.05) is 24.4 Å². The number of nitrogens with one attached hydrogen (secondary N) is 1. The van der Waals surface area contributed by atoms with E-state index in [1.54, 1.807) is 0 Å². The molecule has 0 aliphatic heterocycles. The summed E-state index contributed by atoms with van der Waals surface area (Å²) in [6, 6.07) is 3.96. The third-order valence-electron chi connectivity index (χ3n) is 3.08. The Labute approximate surface area is 85.7 Å². The molecular weight excluding hydrogens is 176 g/mol. The van der Waals surface area contributed by atoms with Gasteiger partial charge in [0.25, 0.3) is 0 Å². The Hall–Kier alpha value is -0.960. The monoisotopic (exact) mass is 196 g/mol.